The zero-order valence-corrected chi connectivity index (χ0v) is 13.9. The first-order valence-electron chi connectivity index (χ1n) is 7.72. The average Bonchev–Trinajstić information content (AvgIpc) is 3.07. The van der Waals surface area contributed by atoms with Gasteiger partial charge in [0.2, 0.25) is 15.9 Å². The van der Waals surface area contributed by atoms with E-state index in [9.17, 15) is 13.2 Å². The van der Waals surface area contributed by atoms with E-state index in [1.807, 2.05) is 18.2 Å². The monoisotopic (exact) mass is 345 g/mol. The van der Waals surface area contributed by atoms with Crippen LogP contribution in [0, 0.1) is 0 Å². The molecule has 6 nitrogen and oxygen atoms in total. The minimum Gasteiger partial charge on any atom is -0.399 e. The Labute approximate surface area is 141 Å². The maximum absolute atomic E-state index is 12.8. The summed E-state index contributed by atoms with van der Waals surface area (Å²) in [6.07, 6.45) is 1.16. The number of nitrogen functional groups attached to an aromatic ring is 1. The second-order valence-electron chi connectivity index (χ2n) is 5.70. The number of hydrogen-bond acceptors (Lipinski definition) is 4. The van der Waals surface area contributed by atoms with E-state index in [2.05, 4.69) is 5.32 Å². The third kappa shape index (κ3) is 3.27. The van der Waals surface area contributed by atoms with Gasteiger partial charge in [0.25, 0.3) is 0 Å². The molecule has 0 bridgehead atoms. The van der Waals surface area contributed by atoms with Crippen LogP contribution >= 0.6 is 0 Å². The minimum atomic E-state index is -3.72. The van der Waals surface area contributed by atoms with E-state index in [0.717, 1.165) is 0 Å². The van der Waals surface area contributed by atoms with Crippen molar-refractivity contribution in [2.45, 2.75) is 23.8 Å². The summed E-state index contributed by atoms with van der Waals surface area (Å²) in [5, 5.41) is 2.78. The Hall–Kier alpha value is -2.38. The first kappa shape index (κ1) is 16.5. The molecule has 24 heavy (non-hydrogen) atoms. The number of anilines is 2. The Balaban J connectivity index is 1.82. The lowest BCUT2D eigenvalue weighted by atomic mass is 10.2. The van der Waals surface area contributed by atoms with Crippen molar-refractivity contribution in [1.29, 1.82) is 0 Å². The van der Waals surface area contributed by atoms with Crippen LogP contribution in [0.3, 0.4) is 0 Å². The summed E-state index contributed by atoms with van der Waals surface area (Å²) in [7, 11) is -3.72. The number of nitrogens with two attached hydrogens (primary N) is 1. The molecule has 0 radical (unpaired) electrons. The van der Waals surface area contributed by atoms with Gasteiger partial charge in [-0.15, -0.1) is 0 Å². The van der Waals surface area contributed by atoms with Gasteiger partial charge in [-0.2, -0.15) is 4.31 Å². The van der Waals surface area contributed by atoms with Crippen molar-refractivity contribution >= 4 is 27.3 Å². The third-order valence-electron chi connectivity index (χ3n) is 4.03. The number of nitrogens with one attached hydrogen (secondary N) is 1. The summed E-state index contributed by atoms with van der Waals surface area (Å²) < 4.78 is 26.9. The van der Waals surface area contributed by atoms with Crippen molar-refractivity contribution in [2.24, 2.45) is 0 Å². The van der Waals surface area contributed by atoms with Crippen LogP contribution in [0.5, 0.6) is 0 Å². The van der Waals surface area contributed by atoms with Crippen LogP contribution in [-0.2, 0) is 14.8 Å². The number of sulfonamides is 1. The lowest BCUT2D eigenvalue weighted by Gasteiger charge is -2.23. The zero-order valence-electron chi connectivity index (χ0n) is 13.1. The molecule has 0 saturated carbocycles. The summed E-state index contributed by atoms with van der Waals surface area (Å²) in [6, 6.07) is 14.3. The van der Waals surface area contributed by atoms with Crippen LogP contribution in [0.2, 0.25) is 0 Å². The van der Waals surface area contributed by atoms with Crippen LogP contribution in [-0.4, -0.2) is 31.2 Å². The molecule has 0 spiro atoms. The number of carbonyl (C=O) groups is 1. The molecule has 1 fully saturated rings. The van der Waals surface area contributed by atoms with Gasteiger partial charge in [-0.05, 0) is 49.2 Å². The number of para-hydroxylation sites is 1. The molecule has 7 heteroatoms. The maximum atomic E-state index is 12.8. The fourth-order valence-electron chi connectivity index (χ4n) is 2.81. The molecule has 0 aromatic heterocycles. The van der Waals surface area contributed by atoms with Crippen LogP contribution in [0.4, 0.5) is 11.4 Å². The van der Waals surface area contributed by atoms with Crippen LogP contribution < -0.4 is 11.1 Å². The molecule has 126 valence electrons. The molecule has 2 aromatic rings. The largest absolute Gasteiger partial charge is 0.399 e. The quantitative estimate of drug-likeness (QED) is 0.830. The Morgan fingerprint density at radius 1 is 1.08 bits per heavy atom. The van der Waals surface area contributed by atoms with Gasteiger partial charge >= 0.3 is 0 Å². The lowest BCUT2D eigenvalue weighted by molar-refractivity contribution is -0.119. The van der Waals surface area contributed by atoms with E-state index in [-0.39, 0.29) is 10.8 Å². The fraction of sp³-hybridized carbons (Fsp3) is 0.235. The van der Waals surface area contributed by atoms with Crippen molar-refractivity contribution in [3.05, 3.63) is 54.6 Å². The smallest absolute Gasteiger partial charge is 0.243 e. The van der Waals surface area contributed by atoms with E-state index in [0.29, 0.717) is 30.8 Å². The Morgan fingerprint density at radius 2 is 1.75 bits per heavy atom. The SMILES string of the molecule is Nc1ccc(S(=O)(=O)N2CCC[C@H]2C(=O)Nc2ccccc2)cc1. The zero-order chi connectivity index (χ0) is 17.2. The second kappa shape index (κ2) is 6.62. The van der Waals surface area contributed by atoms with E-state index >= 15 is 0 Å². The van der Waals surface area contributed by atoms with Gasteiger partial charge in [0.05, 0.1) is 4.90 Å². The van der Waals surface area contributed by atoms with Crippen LogP contribution in [0.15, 0.2) is 59.5 Å². The van der Waals surface area contributed by atoms with Gasteiger partial charge in [0, 0.05) is 17.9 Å². The molecule has 0 aliphatic carbocycles. The van der Waals surface area contributed by atoms with Gasteiger partial charge in [0.15, 0.2) is 0 Å². The number of nitrogens with zero attached hydrogens (tertiary/aromatic N) is 1. The summed E-state index contributed by atoms with van der Waals surface area (Å²) in [5.41, 5.74) is 6.76. The Morgan fingerprint density at radius 3 is 2.42 bits per heavy atom. The highest BCUT2D eigenvalue weighted by atomic mass is 32.2. The van der Waals surface area contributed by atoms with E-state index in [4.69, 9.17) is 5.73 Å². The summed E-state index contributed by atoms with van der Waals surface area (Å²) in [5.74, 6) is -0.308. The van der Waals surface area contributed by atoms with Crippen molar-refractivity contribution < 1.29 is 13.2 Å². The summed E-state index contributed by atoms with van der Waals surface area (Å²) >= 11 is 0. The van der Waals surface area contributed by atoms with Crippen LogP contribution in [0.25, 0.3) is 0 Å². The predicted octanol–water partition coefficient (Wildman–Crippen LogP) is 2.06. The molecule has 2 aromatic carbocycles. The normalized spacial score (nSPS) is 18.4. The molecule has 3 N–H and O–H groups in total. The first-order valence-corrected chi connectivity index (χ1v) is 9.16. The second-order valence-corrected chi connectivity index (χ2v) is 7.59. The van der Waals surface area contributed by atoms with Gasteiger partial charge < -0.3 is 11.1 Å². The highest BCUT2D eigenvalue weighted by Gasteiger charge is 2.39. The number of carbonyl (C=O) groups excluding carboxylic acids is 1. The molecule has 0 unspecified atom stereocenters. The minimum absolute atomic E-state index is 0.149. The molecule has 1 amide bonds. The molecule has 1 aliphatic rings. The lowest BCUT2D eigenvalue weighted by Crippen LogP contribution is -2.43. The molecule has 1 aliphatic heterocycles. The Bertz CT molecular complexity index is 820. The Kier molecular flexibility index (Phi) is 4.55. The molecular formula is C17H19N3O3S. The van der Waals surface area contributed by atoms with E-state index in [1.54, 1.807) is 24.3 Å². The van der Waals surface area contributed by atoms with Gasteiger partial charge in [-0.3, -0.25) is 4.79 Å². The van der Waals surface area contributed by atoms with Gasteiger partial charge in [-0.1, -0.05) is 18.2 Å². The number of rotatable bonds is 4. The molecule has 1 atom stereocenters. The highest BCUT2D eigenvalue weighted by molar-refractivity contribution is 7.89. The standard InChI is InChI=1S/C17H19N3O3S/c18-13-8-10-15(11-9-13)24(22,23)20-12-4-7-16(20)17(21)19-14-5-2-1-3-6-14/h1-3,5-6,8-11,16H,4,7,12,18H2,(H,19,21)/t16-/m0/s1. The van der Waals surface area contributed by atoms with E-state index in [1.165, 1.54) is 16.4 Å². The molecular weight excluding hydrogens is 326 g/mol. The summed E-state index contributed by atoms with van der Waals surface area (Å²) in [4.78, 5) is 12.7. The maximum Gasteiger partial charge on any atom is 0.243 e. The highest BCUT2D eigenvalue weighted by Crippen LogP contribution is 2.27. The predicted molar refractivity (Wildman–Crippen MR) is 92.8 cm³/mol. The molecule has 3 rings (SSSR count). The van der Waals surface area contributed by atoms with Crippen molar-refractivity contribution in [2.75, 3.05) is 17.6 Å². The average molecular weight is 345 g/mol. The van der Waals surface area contributed by atoms with Crippen molar-refractivity contribution in [3.63, 3.8) is 0 Å². The van der Waals surface area contributed by atoms with Crippen LogP contribution in [0.1, 0.15) is 12.8 Å². The van der Waals surface area contributed by atoms with Crippen molar-refractivity contribution in [3.8, 4) is 0 Å². The summed E-state index contributed by atoms with van der Waals surface area (Å²) in [6.45, 7) is 0.333. The number of benzene rings is 2. The number of hydrogen-bond donors (Lipinski definition) is 2. The van der Waals surface area contributed by atoms with E-state index < -0.39 is 16.1 Å². The third-order valence-corrected chi connectivity index (χ3v) is 5.96. The van der Waals surface area contributed by atoms with Crippen molar-refractivity contribution in [1.82, 2.24) is 4.31 Å². The van der Waals surface area contributed by atoms with Gasteiger partial charge in [0.1, 0.15) is 6.04 Å². The topological polar surface area (TPSA) is 92.5 Å². The number of amides is 1. The fourth-order valence-corrected chi connectivity index (χ4v) is 4.47. The molecule has 1 heterocycles. The molecule has 1 saturated heterocycles. The van der Waals surface area contributed by atoms with Gasteiger partial charge in [-0.25, -0.2) is 8.42 Å². The first-order chi connectivity index (χ1) is 11.5.